The molecule has 0 spiro atoms. The standard InChI is InChI=1S/C20H31NO3/c1-14-13-21(18(22)24-19(2,3)4)11-10-17(14)15-8-7-9-16(12-15)20(5,6)23/h7-9,12,14,17,23H,10-11,13H2,1-6H3/t14-,17-/m0/s1. The number of nitrogens with zero attached hydrogens (tertiary/aromatic N) is 1. The van der Waals surface area contributed by atoms with Crippen LogP contribution in [0.5, 0.6) is 0 Å². The molecular formula is C20H31NO3. The Kier molecular flexibility index (Phi) is 5.28. The van der Waals surface area contributed by atoms with E-state index in [9.17, 15) is 9.90 Å². The molecule has 0 saturated carbocycles. The summed E-state index contributed by atoms with van der Waals surface area (Å²) in [5, 5.41) is 10.2. The molecule has 1 heterocycles. The van der Waals surface area contributed by atoms with E-state index in [2.05, 4.69) is 19.1 Å². The highest BCUT2D eigenvalue weighted by molar-refractivity contribution is 5.68. The molecule has 1 amide bonds. The Morgan fingerprint density at radius 1 is 1.25 bits per heavy atom. The van der Waals surface area contributed by atoms with Crippen molar-refractivity contribution in [1.29, 1.82) is 0 Å². The lowest BCUT2D eigenvalue weighted by Gasteiger charge is -2.38. The zero-order valence-corrected chi connectivity index (χ0v) is 15.8. The average Bonchev–Trinajstić information content (AvgIpc) is 2.44. The topological polar surface area (TPSA) is 49.8 Å². The number of amides is 1. The molecule has 24 heavy (non-hydrogen) atoms. The smallest absolute Gasteiger partial charge is 0.410 e. The molecule has 1 fully saturated rings. The van der Waals surface area contributed by atoms with Crippen molar-refractivity contribution in [3.8, 4) is 0 Å². The first-order chi connectivity index (χ1) is 11.0. The SMILES string of the molecule is C[C@H]1CN(C(=O)OC(C)(C)C)CC[C@@H]1c1cccc(C(C)(C)O)c1. The molecule has 1 N–H and O–H groups in total. The summed E-state index contributed by atoms with van der Waals surface area (Å²) < 4.78 is 5.48. The minimum absolute atomic E-state index is 0.224. The van der Waals surface area contributed by atoms with Crippen molar-refractivity contribution in [3.05, 3.63) is 35.4 Å². The molecular weight excluding hydrogens is 302 g/mol. The maximum absolute atomic E-state index is 12.3. The lowest BCUT2D eigenvalue weighted by molar-refractivity contribution is 0.0155. The molecule has 1 aromatic rings. The van der Waals surface area contributed by atoms with E-state index in [4.69, 9.17) is 4.74 Å². The second-order valence-electron chi connectivity index (χ2n) is 8.48. The molecule has 2 atom stereocenters. The number of rotatable bonds is 2. The van der Waals surface area contributed by atoms with Crippen LogP contribution in [0.3, 0.4) is 0 Å². The van der Waals surface area contributed by atoms with E-state index in [0.717, 1.165) is 12.0 Å². The van der Waals surface area contributed by atoms with Gasteiger partial charge in [-0.25, -0.2) is 4.79 Å². The van der Waals surface area contributed by atoms with Gasteiger partial charge in [0.2, 0.25) is 0 Å². The Morgan fingerprint density at radius 2 is 1.92 bits per heavy atom. The largest absolute Gasteiger partial charge is 0.444 e. The molecule has 2 rings (SSSR count). The predicted octanol–water partition coefficient (Wildman–Crippen LogP) is 4.27. The van der Waals surface area contributed by atoms with E-state index in [-0.39, 0.29) is 6.09 Å². The van der Waals surface area contributed by atoms with Crippen LogP contribution in [0.25, 0.3) is 0 Å². The number of hydrogen-bond donors (Lipinski definition) is 1. The number of benzene rings is 1. The van der Waals surface area contributed by atoms with E-state index in [0.29, 0.717) is 24.9 Å². The van der Waals surface area contributed by atoms with Gasteiger partial charge in [0, 0.05) is 13.1 Å². The Bertz CT molecular complexity index is 583. The maximum atomic E-state index is 12.3. The van der Waals surface area contributed by atoms with E-state index < -0.39 is 11.2 Å². The summed E-state index contributed by atoms with van der Waals surface area (Å²) in [6.45, 7) is 12.9. The van der Waals surface area contributed by atoms with Crippen LogP contribution in [0.15, 0.2) is 24.3 Å². The summed E-state index contributed by atoms with van der Waals surface area (Å²) in [5.74, 6) is 0.745. The highest BCUT2D eigenvalue weighted by atomic mass is 16.6. The second kappa shape index (κ2) is 6.75. The predicted molar refractivity (Wildman–Crippen MR) is 96.0 cm³/mol. The lowest BCUT2D eigenvalue weighted by Crippen LogP contribution is -2.44. The molecule has 1 saturated heterocycles. The molecule has 0 aromatic heterocycles. The van der Waals surface area contributed by atoms with Gasteiger partial charge < -0.3 is 14.7 Å². The van der Waals surface area contributed by atoms with Gasteiger partial charge in [0.25, 0.3) is 0 Å². The minimum Gasteiger partial charge on any atom is -0.444 e. The van der Waals surface area contributed by atoms with Crippen molar-refractivity contribution in [3.63, 3.8) is 0 Å². The van der Waals surface area contributed by atoms with Crippen molar-refractivity contribution in [2.75, 3.05) is 13.1 Å². The van der Waals surface area contributed by atoms with Crippen LogP contribution in [-0.2, 0) is 10.3 Å². The molecule has 0 radical (unpaired) electrons. The first kappa shape index (κ1) is 18.8. The van der Waals surface area contributed by atoms with Crippen LogP contribution >= 0.6 is 0 Å². The molecule has 0 aliphatic carbocycles. The van der Waals surface area contributed by atoms with Crippen molar-refractivity contribution in [1.82, 2.24) is 4.90 Å². The van der Waals surface area contributed by atoms with E-state index in [1.54, 1.807) is 13.8 Å². The molecule has 134 valence electrons. The van der Waals surface area contributed by atoms with Crippen molar-refractivity contribution >= 4 is 6.09 Å². The monoisotopic (exact) mass is 333 g/mol. The summed E-state index contributed by atoms with van der Waals surface area (Å²) in [6.07, 6.45) is 0.688. The number of hydrogen-bond acceptors (Lipinski definition) is 3. The first-order valence-corrected chi connectivity index (χ1v) is 8.78. The number of likely N-dealkylation sites (tertiary alicyclic amines) is 1. The van der Waals surface area contributed by atoms with Crippen LogP contribution in [0.4, 0.5) is 4.79 Å². The number of carbonyl (C=O) groups excluding carboxylic acids is 1. The number of carbonyl (C=O) groups is 1. The van der Waals surface area contributed by atoms with E-state index in [1.807, 2.05) is 37.8 Å². The van der Waals surface area contributed by atoms with Gasteiger partial charge in [-0.2, -0.15) is 0 Å². The Hall–Kier alpha value is -1.55. The zero-order valence-electron chi connectivity index (χ0n) is 15.8. The zero-order chi connectivity index (χ0) is 18.1. The van der Waals surface area contributed by atoms with E-state index in [1.165, 1.54) is 5.56 Å². The average molecular weight is 333 g/mol. The van der Waals surface area contributed by atoms with Crippen LogP contribution in [0.1, 0.15) is 65.0 Å². The third-order valence-electron chi connectivity index (χ3n) is 4.58. The lowest BCUT2D eigenvalue weighted by atomic mass is 9.80. The van der Waals surface area contributed by atoms with Gasteiger partial charge in [-0.05, 0) is 64.0 Å². The van der Waals surface area contributed by atoms with Gasteiger partial charge in [-0.1, -0.05) is 31.2 Å². The summed E-state index contributed by atoms with van der Waals surface area (Å²) in [5.41, 5.74) is 0.877. The molecule has 4 nitrogen and oxygen atoms in total. The molecule has 1 aliphatic heterocycles. The normalized spacial score (nSPS) is 22.4. The van der Waals surface area contributed by atoms with Gasteiger partial charge in [-0.3, -0.25) is 0 Å². The highest BCUT2D eigenvalue weighted by Gasteiger charge is 2.32. The maximum Gasteiger partial charge on any atom is 0.410 e. The van der Waals surface area contributed by atoms with Gasteiger partial charge in [0.15, 0.2) is 0 Å². The fourth-order valence-electron chi connectivity index (χ4n) is 3.28. The van der Waals surface area contributed by atoms with Crippen LogP contribution in [0, 0.1) is 5.92 Å². The number of aliphatic hydroxyl groups is 1. The summed E-state index contributed by atoms with van der Waals surface area (Å²) in [7, 11) is 0. The minimum atomic E-state index is -0.837. The summed E-state index contributed by atoms with van der Waals surface area (Å²) in [6, 6.07) is 8.20. The highest BCUT2D eigenvalue weighted by Crippen LogP contribution is 2.35. The van der Waals surface area contributed by atoms with Crippen molar-refractivity contribution in [2.24, 2.45) is 5.92 Å². The third-order valence-corrected chi connectivity index (χ3v) is 4.58. The fourth-order valence-corrected chi connectivity index (χ4v) is 3.28. The molecule has 1 aromatic carbocycles. The van der Waals surface area contributed by atoms with Crippen LogP contribution < -0.4 is 0 Å². The molecule has 4 heteroatoms. The quantitative estimate of drug-likeness (QED) is 0.879. The van der Waals surface area contributed by atoms with Crippen LogP contribution in [-0.4, -0.2) is 34.8 Å². The van der Waals surface area contributed by atoms with Gasteiger partial charge >= 0.3 is 6.09 Å². The summed E-state index contributed by atoms with van der Waals surface area (Å²) in [4.78, 5) is 14.1. The van der Waals surface area contributed by atoms with Gasteiger partial charge in [0.05, 0.1) is 5.60 Å². The van der Waals surface area contributed by atoms with Crippen LogP contribution in [0.2, 0.25) is 0 Å². The number of ether oxygens (including phenoxy) is 1. The molecule has 0 unspecified atom stereocenters. The Balaban J connectivity index is 2.08. The summed E-state index contributed by atoms with van der Waals surface area (Å²) >= 11 is 0. The van der Waals surface area contributed by atoms with Crippen molar-refractivity contribution < 1.29 is 14.6 Å². The third kappa shape index (κ3) is 4.73. The first-order valence-electron chi connectivity index (χ1n) is 8.78. The van der Waals surface area contributed by atoms with Gasteiger partial charge in [-0.15, -0.1) is 0 Å². The number of piperidine rings is 1. The molecule has 0 bridgehead atoms. The Labute approximate surface area is 145 Å². The van der Waals surface area contributed by atoms with Gasteiger partial charge in [0.1, 0.15) is 5.60 Å². The second-order valence-corrected chi connectivity index (χ2v) is 8.48. The van der Waals surface area contributed by atoms with Crippen molar-refractivity contribution in [2.45, 2.75) is 65.1 Å². The Morgan fingerprint density at radius 3 is 2.46 bits per heavy atom. The van der Waals surface area contributed by atoms with E-state index >= 15 is 0 Å². The molecule has 1 aliphatic rings. The fraction of sp³-hybridized carbons (Fsp3) is 0.650.